The first-order valence-corrected chi connectivity index (χ1v) is 10.6. The Morgan fingerprint density at radius 2 is 1.69 bits per heavy atom. The third-order valence-electron chi connectivity index (χ3n) is 4.68. The lowest BCUT2D eigenvalue weighted by Crippen LogP contribution is -2.24. The first-order chi connectivity index (χ1) is 14.2. The van der Waals surface area contributed by atoms with Crippen molar-refractivity contribution >= 4 is 28.7 Å². The summed E-state index contributed by atoms with van der Waals surface area (Å²) in [5.41, 5.74) is 4.08. The van der Waals surface area contributed by atoms with Gasteiger partial charge in [0.1, 0.15) is 0 Å². The van der Waals surface area contributed by atoms with Crippen LogP contribution in [0.1, 0.15) is 16.7 Å². The normalized spacial score (nSPS) is 11.3. The molecule has 0 amide bonds. The summed E-state index contributed by atoms with van der Waals surface area (Å²) in [5.74, 6) is 0.744. The van der Waals surface area contributed by atoms with Crippen LogP contribution in [0.4, 0.5) is 0 Å². The lowest BCUT2D eigenvalue weighted by molar-refractivity contribution is 0.658. The van der Waals surface area contributed by atoms with E-state index in [1.807, 2.05) is 73.7 Å². The van der Waals surface area contributed by atoms with Crippen LogP contribution in [0.2, 0.25) is 0 Å². The molecule has 0 bridgehead atoms. The molecule has 0 spiro atoms. The van der Waals surface area contributed by atoms with Gasteiger partial charge >= 0.3 is 0 Å². The minimum atomic E-state index is 0.0112. The predicted molar refractivity (Wildman–Crippen MR) is 122 cm³/mol. The van der Waals surface area contributed by atoms with E-state index in [0.29, 0.717) is 11.9 Å². The number of aryl methyl sites for hydroxylation is 1. The molecule has 144 valence electrons. The molecule has 0 atom stereocenters. The molecule has 4 rings (SSSR count). The van der Waals surface area contributed by atoms with E-state index in [1.165, 1.54) is 0 Å². The summed E-state index contributed by atoms with van der Waals surface area (Å²) in [5, 5.41) is 1.41. The van der Waals surface area contributed by atoms with Crippen LogP contribution >= 0.6 is 11.8 Å². The topological polar surface area (TPSA) is 34.9 Å². The van der Waals surface area contributed by atoms with Gasteiger partial charge in [-0.05, 0) is 30.2 Å². The quantitative estimate of drug-likeness (QED) is 0.315. The van der Waals surface area contributed by atoms with Gasteiger partial charge in [-0.15, -0.1) is 0 Å². The smallest absolute Gasteiger partial charge is 0.262 e. The minimum Gasteiger partial charge on any atom is -0.283 e. The number of hydrogen-bond donors (Lipinski definition) is 0. The lowest BCUT2D eigenvalue weighted by atomic mass is 10.1. The fraction of sp³-hybridized carbons (Fsp3) is 0.120. The van der Waals surface area contributed by atoms with Gasteiger partial charge in [0.05, 0.1) is 17.4 Å². The van der Waals surface area contributed by atoms with E-state index in [4.69, 9.17) is 4.98 Å². The summed E-state index contributed by atoms with van der Waals surface area (Å²) in [6, 6.07) is 26.1. The van der Waals surface area contributed by atoms with Crippen molar-refractivity contribution in [1.82, 2.24) is 9.55 Å². The summed E-state index contributed by atoms with van der Waals surface area (Å²) in [4.78, 5) is 18.1. The lowest BCUT2D eigenvalue weighted by Gasteiger charge is -2.13. The highest BCUT2D eigenvalue weighted by molar-refractivity contribution is 7.99. The van der Waals surface area contributed by atoms with Crippen molar-refractivity contribution in [2.75, 3.05) is 5.75 Å². The first-order valence-electron chi connectivity index (χ1n) is 9.60. The maximum absolute atomic E-state index is 13.3. The van der Waals surface area contributed by atoms with Gasteiger partial charge in [-0.2, -0.15) is 0 Å². The van der Waals surface area contributed by atoms with Gasteiger partial charge < -0.3 is 0 Å². The number of rotatable bonds is 6. The number of thioether (sulfide) groups is 1. The average Bonchev–Trinajstić information content (AvgIpc) is 2.76. The second kappa shape index (κ2) is 8.93. The number of benzene rings is 3. The first kappa shape index (κ1) is 19.2. The van der Waals surface area contributed by atoms with Crippen molar-refractivity contribution in [2.24, 2.45) is 0 Å². The third-order valence-corrected chi connectivity index (χ3v) is 5.61. The van der Waals surface area contributed by atoms with E-state index in [-0.39, 0.29) is 5.56 Å². The Morgan fingerprint density at radius 1 is 0.966 bits per heavy atom. The molecule has 0 radical (unpaired) electrons. The molecule has 1 aromatic heterocycles. The highest BCUT2D eigenvalue weighted by Gasteiger charge is 2.12. The standard InChI is InChI=1S/C25H22N2OS/c1-19-14-15-23-22(17-19)24(28)27(18-21-11-6-3-7-12-21)25(26-23)29-16-8-13-20-9-4-2-5-10-20/h2-15,17H,16,18H2,1H3/b13-8+. The molecule has 0 aliphatic carbocycles. The molecule has 0 saturated heterocycles. The van der Waals surface area contributed by atoms with Crippen LogP contribution in [0.5, 0.6) is 0 Å². The molecule has 3 aromatic carbocycles. The van der Waals surface area contributed by atoms with Gasteiger partial charge in [0, 0.05) is 5.75 Å². The van der Waals surface area contributed by atoms with Crippen LogP contribution < -0.4 is 5.56 Å². The molecule has 0 N–H and O–H groups in total. The third kappa shape index (κ3) is 4.66. The number of fused-ring (bicyclic) bond motifs is 1. The molecule has 0 aliphatic heterocycles. The van der Waals surface area contributed by atoms with Crippen LogP contribution in [0.3, 0.4) is 0 Å². The van der Waals surface area contributed by atoms with E-state index < -0.39 is 0 Å². The summed E-state index contributed by atoms with van der Waals surface area (Å²) >= 11 is 1.58. The van der Waals surface area contributed by atoms with Gasteiger partial charge in [0.15, 0.2) is 5.16 Å². The Bertz CT molecular complexity index is 1200. The average molecular weight is 399 g/mol. The maximum atomic E-state index is 13.3. The zero-order valence-electron chi connectivity index (χ0n) is 16.3. The zero-order valence-corrected chi connectivity index (χ0v) is 17.1. The molecule has 4 heteroatoms. The molecule has 29 heavy (non-hydrogen) atoms. The van der Waals surface area contributed by atoms with Crippen LogP contribution in [-0.2, 0) is 6.54 Å². The Labute approximate surface area is 174 Å². The predicted octanol–water partition coefficient (Wildman–Crippen LogP) is 5.56. The second-order valence-electron chi connectivity index (χ2n) is 6.92. The van der Waals surface area contributed by atoms with E-state index in [1.54, 1.807) is 16.3 Å². The van der Waals surface area contributed by atoms with Crippen molar-refractivity contribution in [1.29, 1.82) is 0 Å². The van der Waals surface area contributed by atoms with Gasteiger partial charge in [-0.1, -0.05) is 96.2 Å². The highest BCUT2D eigenvalue weighted by atomic mass is 32.2. The van der Waals surface area contributed by atoms with Crippen molar-refractivity contribution in [2.45, 2.75) is 18.6 Å². The van der Waals surface area contributed by atoms with E-state index >= 15 is 0 Å². The largest absolute Gasteiger partial charge is 0.283 e. The Hall–Kier alpha value is -3.11. The van der Waals surface area contributed by atoms with E-state index in [9.17, 15) is 4.79 Å². The number of aromatic nitrogens is 2. The fourth-order valence-electron chi connectivity index (χ4n) is 3.20. The monoisotopic (exact) mass is 398 g/mol. The van der Waals surface area contributed by atoms with Crippen molar-refractivity contribution in [3.63, 3.8) is 0 Å². The molecule has 0 saturated carbocycles. The van der Waals surface area contributed by atoms with Gasteiger partial charge in [-0.3, -0.25) is 9.36 Å². The molecule has 0 fully saturated rings. The minimum absolute atomic E-state index is 0.0112. The molecule has 1 heterocycles. The van der Waals surface area contributed by atoms with E-state index in [2.05, 4.69) is 24.3 Å². The summed E-state index contributed by atoms with van der Waals surface area (Å²) in [6.07, 6.45) is 4.20. The molecular weight excluding hydrogens is 376 g/mol. The van der Waals surface area contributed by atoms with Crippen LogP contribution in [-0.4, -0.2) is 15.3 Å². The van der Waals surface area contributed by atoms with Gasteiger partial charge in [0.2, 0.25) is 0 Å². The summed E-state index contributed by atoms with van der Waals surface area (Å²) in [6.45, 7) is 2.51. The zero-order chi connectivity index (χ0) is 20.1. The number of nitrogens with zero attached hydrogens (tertiary/aromatic N) is 2. The molecule has 0 unspecified atom stereocenters. The molecule has 3 nitrogen and oxygen atoms in total. The van der Waals surface area contributed by atoms with Crippen molar-refractivity contribution in [3.05, 3.63) is 112 Å². The highest BCUT2D eigenvalue weighted by Crippen LogP contribution is 2.20. The molecule has 0 aliphatic rings. The van der Waals surface area contributed by atoms with Crippen LogP contribution in [0.25, 0.3) is 17.0 Å². The molecular formula is C25H22N2OS. The Kier molecular flexibility index (Phi) is 5.92. The fourth-order valence-corrected chi connectivity index (χ4v) is 4.01. The van der Waals surface area contributed by atoms with Gasteiger partial charge in [-0.25, -0.2) is 4.98 Å². The SMILES string of the molecule is Cc1ccc2nc(SC/C=C/c3ccccc3)n(Cc3ccccc3)c(=O)c2c1. The summed E-state index contributed by atoms with van der Waals surface area (Å²) < 4.78 is 1.79. The number of hydrogen-bond acceptors (Lipinski definition) is 3. The van der Waals surface area contributed by atoms with Crippen LogP contribution in [0, 0.1) is 6.92 Å². The van der Waals surface area contributed by atoms with Gasteiger partial charge in [0.25, 0.3) is 5.56 Å². The maximum Gasteiger partial charge on any atom is 0.262 e. The summed E-state index contributed by atoms with van der Waals surface area (Å²) in [7, 11) is 0. The van der Waals surface area contributed by atoms with E-state index in [0.717, 1.165) is 33.1 Å². The Balaban J connectivity index is 1.67. The molecule has 4 aromatic rings. The van der Waals surface area contributed by atoms with Crippen LogP contribution in [0.15, 0.2) is 94.9 Å². The Morgan fingerprint density at radius 3 is 2.45 bits per heavy atom. The second-order valence-corrected chi connectivity index (χ2v) is 7.90. The van der Waals surface area contributed by atoms with Crippen molar-refractivity contribution in [3.8, 4) is 0 Å². The van der Waals surface area contributed by atoms with Crippen molar-refractivity contribution < 1.29 is 0 Å².